The monoisotopic (exact) mass is 377 g/mol. The second kappa shape index (κ2) is 9.42. The summed E-state index contributed by atoms with van der Waals surface area (Å²) in [5, 5.41) is 2.50. The molecule has 3 amide bonds. The number of hydrogen-bond acceptors (Lipinski definition) is 5. The predicted molar refractivity (Wildman–Crippen MR) is 106 cm³/mol. The summed E-state index contributed by atoms with van der Waals surface area (Å²) in [6.07, 6.45) is 11.8. The van der Waals surface area contributed by atoms with Crippen LogP contribution in [0.25, 0.3) is 0 Å². The van der Waals surface area contributed by atoms with Crippen LogP contribution in [0.5, 0.6) is 0 Å². The van der Waals surface area contributed by atoms with Crippen LogP contribution in [-0.4, -0.2) is 71.5 Å². The molecule has 27 heavy (non-hydrogen) atoms. The van der Waals surface area contributed by atoms with E-state index in [1.54, 1.807) is 11.9 Å². The fourth-order valence-corrected chi connectivity index (χ4v) is 4.35. The zero-order valence-electron chi connectivity index (χ0n) is 17.0. The van der Waals surface area contributed by atoms with E-state index in [4.69, 9.17) is 4.99 Å². The Labute approximate surface area is 163 Å². The average Bonchev–Trinajstić information content (AvgIpc) is 2.84. The Morgan fingerprint density at radius 2 is 1.67 bits per heavy atom. The van der Waals surface area contributed by atoms with E-state index in [2.05, 4.69) is 22.0 Å². The van der Waals surface area contributed by atoms with Gasteiger partial charge in [0.15, 0.2) is 18.2 Å². The van der Waals surface area contributed by atoms with Crippen LogP contribution >= 0.6 is 0 Å². The molecule has 0 radical (unpaired) electrons. The second-order valence-electron chi connectivity index (χ2n) is 8.06. The molecular formula is C20H35N5O2. The molecule has 0 aliphatic carbocycles. The molecule has 3 aliphatic rings. The number of urea groups is 1. The minimum Gasteiger partial charge on any atom is -0.343 e. The average molecular weight is 378 g/mol. The number of nitrogens with one attached hydrogen (secondary N) is 1. The maximum Gasteiger partial charge on any atom is 0.325 e. The number of likely N-dealkylation sites (N-methyl/N-ethyl adjacent to an activating group) is 1. The van der Waals surface area contributed by atoms with Gasteiger partial charge in [0, 0.05) is 26.7 Å². The van der Waals surface area contributed by atoms with Gasteiger partial charge < -0.3 is 14.7 Å². The van der Waals surface area contributed by atoms with Crippen molar-refractivity contribution in [1.82, 2.24) is 20.0 Å². The van der Waals surface area contributed by atoms with Gasteiger partial charge in [-0.05, 0) is 19.3 Å². The zero-order chi connectivity index (χ0) is 19.2. The molecule has 3 heterocycles. The molecule has 2 fully saturated rings. The van der Waals surface area contributed by atoms with Gasteiger partial charge in [-0.15, -0.1) is 0 Å². The topological polar surface area (TPSA) is 68.2 Å². The summed E-state index contributed by atoms with van der Waals surface area (Å²) in [5.74, 6) is 0.722. The molecule has 0 aromatic rings. The summed E-state index contributed by atoms with van der Waals surface area (Å²) in [4.78, 5) is 35.6. The summed E-state index contributed by atoms with van der Waals surface area (Å²) in [6.45, 7) is 5.04. The van der Waals surface area contributed by atoms with E-state index in [0.717, 1.165) is 32.0 Å². The smallest absolute Gasteiger partial charge is 0.325 e. The number of likely N-dealkylation sites (tertiary alicyclic amines) is 1. The van der Waals surface area contributed by atoms with Crippen LogP contribution in [0.3, 0.4) is 0 Å². The lowest BCUT2D eigenvalue weighted by Gasteiger charge is -2.37. The van der Waals surface area contributed by atoms with Crippen LogP contribution < -0.4 is 5.32 Å². The molecule has 0 saturated carbocycles. The lowest BCUT2D eigenvalue weighted by atomic mass is 10.1. The first-order valence-electron chi connectivity index (χ1n) is 10.8. The minimum absolute atomic E-state index is 0.206. The van der Waals surface area contributed by atoms with Crippen LogP contribution in [-0.2, 0) is 4.79 Å². The summed E-state index contributed by atoms with van der Waals surface area (Å²) in [6, 6.07) is -0.733. The number of nitrogens with zero attached hydrogens (tertiary/aromatic N) is 4. The van der Waals surface area contributed by atoms with E-state index in [1.165, 1.54) is 57.8 Å². The predicted octanol–water partition coefficient (Wildman–Crippen LogP) is 2.77. The molecule has 0 bridgehead atoms. The molecule has 2 saturated heterocycles. The van der Waals surface area contributed by atoms with Gasteiger partial charge in [-0.3, -0.25) is 10.1 Å². The molecule has 0 aromatic heterocycles. The lowest BCUT2D eigenvalue weighted by Crippen LogP contribution is -2.64. The molecule has 3 rings (SSSR count). The van der Waals surface area contributed by atoms with E-state index in [0.29, 0.717) is 0 Å². The number of carbonyl (C=O) groups is 2. The molecule has 2 atom stereocenters. The van der Waals surface area contributed by atoms with Gasteiger partial charge in [-0.1, -0.05) is 51.9 Å². The van der Waals surface area contributed by atoms with Gasteiger partial charge in [0.1, 0.15) is 0 Å². The lowest BCUT2D eigenvalue weighted by molar-refractivity contribution is -0.127. The van der Waals surface area contributed by atoms with Crippen molar-refractivity contribution in [3.8, 4) is 0 Å². The first-order valence-corrected chi connectivity index (χ1v) is 10.8. The molecule has 2 unspecified atom stereocenters. The van der Waals surface area contributed by atoms with Crippen LogP contribution in [0, 0.1) is 0 Å². The van der Waals surface area contributed by atoms with Crippen molar-refractivity contribution < 1.29 is 9.59 Å². The van der Waals surface area contributed by atoms with E-state index in [-0.39, 0.29) is 18.0 Å². The van der Waals surface area contributed by atoms with E-state index >= 15 is 0 Å². The first-order chi connectivity index (χ1) is 13.1. The van der Waals surface area contributed by atoms with Crippen molar-refractivity contribution in [3.05, 3.63) is 0 Å². The van der Waals surface area contributed by atoms with E-state index in [1.807, 2.05) is 0 Å². The Morgan fingerprint density at radius 3 is 2.37 bits per heavy atom. The highest BCUT2D eigenvalue weighted by Gasteiger charge is 2.49. The molecule has 0 spiro atoms. The number of carbonyl (C=O) groups excluding carboxylic acids is 2. The van der Waals surface area contributed by atoms with Gasteiger partial charge in [0.05, 0.1) is 0 Å². The van der Waals surface area contributed by atoms with Crippen molar-refractivity contribution in [2.45, 2.75) is 83.3 Å². The third-order valence-electron chi connectivity index (χ3n) is 5.98. The van der Waals surface area contributed by atoms with E-state index < -0.39 is 6.17 Å². The normalized spacial score (nSPS) is 26.0. The van der Waals surface area contributed by atoms with Gasteiger partial charge >= 0.3 is 6.03 Å². The van der Waals surface area contributed by atoms with Gasteiger partial charge in [0.25, 0.3) is 5.91 Å². The quantitative estimate of drug-likeness (QED) is 0.693. The third-order valence-corrected chi connectivity index (χ3v) is 5.98. The molecule has 3 aliphatic heterocycles. The standard InChI is InChI=1S/C20H35N5O2/c1-3-4-5-6-7-12-15-25-16-17(23(2)20(27)22-18(16)26)21-19(25)24-13-10-8-9-11-14-24/h16-17H,3-15H2,1-2H3,(H,22,26,27). The highest BCUT2D eigenvalue weighted by Crippen LogP contribution is 2.27. The van der Waals surface area contributed by atoms with Crippen LogP contribution in [0.1, 0.15) is 71.1 Å². The Morgan fingerprint density at radius 1 is 1.00 bits per heavy atom. The van der Waals surface area contributed by atoms with Gasteiger partial charge in [-0.2, -0.15) is 0 Å². The number of amides is 3. The fraction of sp³-hybridized carbons (Fsp3) is 0.850. The zero-order valence-corrected chi connectivity index (χ0v) is 17.0. The number of unbranched alkanes of at least 4 members (excludes halogenated alkanes) is 5. The molecule has 0 aromatic carbocycles. The Hall–Kier alpha value is -1.79. The van der Waals surface area contributed by atoms with Crippen LogP contribution in [0.4, 0.5) is 4.79 Å². The number of hydrogen-bond donors (Lipinski definition) is 1. The van der Waals surface area contributed by atoms with Crippen LogP contribution in [0.15, 0.2) is 4.99 Å². The van der Waals surface area contributed by atoms with Gasteiger partial charge in [0.2, 0.25) is 0 Å². The summed E-state index contributed by atoms with van der Waals surface area (Å²) in [5.41, 5.74) is 0. The molecular weight excluding hydrogens is 342 g/mol. The minimum atomic E-state index is -0.399. The highest BCUT2D eigenvalue weighted by molar-refractivity contribution is 6.03. The van der Waals surface area contributed by atoms with Crippen molar-refractivity contribution in [2.24, 2.45) is 4.99 Å². The third kappa shape index (κ3) is 4.55. The molecule has 7 nitrogen and oxygen atoms in total. The Balaban J connectivity index is 1.70. The number of guanidine groups is 1. The van der Waals surface area contributed by atoms with Crippen LogP contribution in [0.2, 0.25) is 0 Å². The van der Waals surface area contributed by atoms with Crippen molar-refractivity contribution in [2.75, 3.05) is 26.7 Å². The van der Waals surface area contributed by atoms with Crippen molar-refractivity contribution in [3.63, 3.8) is 0 Å². The number of fused-ring (bicyclic) bond motifs is 1. The summed E-state index contributed by atoms with van der Waals surface area (Å²) >= 11 is 0. The Bertz CT molecular complexity index is 557. The highest BCUT2D eigenvalue weighted by atomic mass is 16.2. The number of rotatable bonds is 7. The molecule has 7 heteroatoms. The first kappa shape index (κ1) is 20.0. The SMILES string of the molecule is CCCCCCCCN1C(N2CCCCCC2)=NC2C1C(=O)NC(=O)N2C. The Kier molecular flexibility index (Phi) is 6.96. The van der Waals surface area contributed by atoms with Gasteiger partial charge in [-0.25, -0.2) is 9.79 Å². The second-order valence-corrected chi connectivity index (χ2v) is 8.06. The maximum atomic E-state index is 12.6. The van der Waals surface area contributed by atoms with Crippen molar-refractivity contribution in [1.29, 1.82) is 0 Å². The van der Waals surface area contributed by atoms with E-state index in [9.17, 15) is 9.59 Å². The number of imide groups is 1. The fourth-order valence-electron chi connectivity index (χ4n) is 4.35. The summed E-state index contributed by atoms with van der Waals surface area (Å²) < 4.78 is 0. The molecule has 152 valence electrons. The molecule has 1 N–H and O–H groups in total. The number of aliphatic imine (C=N–C) groups is 1. The largest absolute Gasteiger partial charge is 0.343 e. The summed E-state index contributed by atoms with van der Waals surface area (Å²) in [7, 11) is 1.73. The van der Waals surface area contributed by atoms with Crippen molar-refractivity contribution >= 4 is 17.9 Å². The maximum absolute atomic E-state index is 12.6.